The summed E-state index contributed by atoms with van der Waals surface area (Å²) in [7, 11) is -2.13. The van der Waals surface area contributed by atoms with Crippen LogP contribution in [0.15, 0.2) is 23.1 Å². The third-order valence-corrected chi connectivity index (χ3v) is 7.68. The maximum Gasteiger partial charge on any atom is 0.255 e. The summed E-state index contributed by atoms with van der Waals surface area (Å²) in [6.45, 7) is 4.55. The number of amides is 1. The molecule has 0 aliphatic carbocycles. The van der Waals surface area contributed by atoms with Crippen LogP contribution in [0.1, 0.15) is 55.3 Å². The second-order valence-corrected chi connectivity index (χ2v) is 9.78. The predicted octanol–water partition coefficient (Wildman–Crippen LogP) is 2.48. The number of benzene rings is 1. The fourth-order valence-corrected chi connectivity index (χ4v) is 5.61. The van der Waals surface area contributed by atoms with Gasteiger partial charge in [-0.15, -0.1) is 0 Å². The van der Waals surface area contributed by atoms with E-state index in [2.05, 4.69) is 10.2 Å². The monoisotopic (exact) mass is 423 g/mol. The molecule has 2 heterocycles. The molecule has 2 aliphatic heterocycles. The van der Waals surface area contributed by atoms with E-state index >= 15 is 0 Å². The van der Waals surface area contributed by atoms with Crippen molar-refractivity contribution in [1.82, 2.24) is 14.5 Å². The molecule has 0 saturated carbocycles. The van der Waals surface area contributed by atoms with Crippen LogP contribution in [0, 0.1) is 0 Å². The van der Waals surface area contributed by atoms with Crippen LogP contribution in [-0.2, 0) is 10.0 Å². The van der Waals surface area contributed by atoms with Crippen LogP contribution in [0.4, 0.5) is 0 Å². The number of hydrogen-bond donors (Lipinski definition) is 1. The first-order valence-electron chi connectivity index (χ1n) is 10.7. The highest BCUT2D eigenvalue weighted by molar-refractivity contribution is 7.89. The number of carbonyl (C=O) groups excluding carboxylic acids is 1. The summed E-state index contributed by atoms with van der Waals surface area (Å²) in [6, 6.07) is 4.56. The van der Waals surface area contributed by atoms with Crippen molar-refractivity contribution < 1.29 is 17.9 Å². The molecule has 2 saturated heterocycles. The predicted molar refractivity (Wildman–Crippen MR) is 113 cm³/mol. The van der Waals surface area contributed by atoms with Crippen molar-refractivity contribution in [2.75, 3.05) is 46.4 Å². The lowest BCUT2D eigenvalue weighted by Crippen LogP contribution is -2.37. The van der Waals surface area contributed by atoms with Gasteiger partial charge < -0.3 is 15.0 Å². The molecule has 1 N–H and O–H groups in total. The molecule has 162 valence electrons. The van der Waals surface area contributed by atoms with Gasteiger partial charge in [-0.1, -0.05) is 19.3 Å². The van der Waals surface area contributed by atoms with Gasteiger partial charge in [0.25, 0.3) is 5.91 Å². The number of ether oxygens (including phenoxy) is 1. The number of piperidine rings is 1. The highest BCUT2D eigenvalue weighted by Crippen LogP contribution is 2.26. The fourth-order valence-electron chi connectivity index (χ4n) is 4.06. The zero-order valence-electron chi connectivity index (χ0n) is 17.4. The van der Waals surface area contributed by atoms with E-state index in [1.165, 1.54) is 38.5 Å². The number of nitrogens with one attached hydrogen (secondary N) is 1. The molecular weight excluding hydrogens is 390 g/mol. The highest BCUT2D eigenvalue weighted by atomic mass is 32.2. The van der Waals surface area contributed by atoms with E-state index in [1.54, 1.807) is 10.4 Å². The molecule has 2 fully saturated rings. The Morgan fingerprint density at radius 2 is 1.62 bits per heavy atom. The SMILES string of the molecule is COc1ccc(S(=O)(=O)N2CCCCCC2)cc1C(=O)NCCN1CCCCC1. The molecule has 29 heavy (non-hydrogen) atoms. The first-order valence-corrected chi connectivity index (χ1v) is 12.1. The lowest BCUT2D eigenvalue weighted by atomic mass is 10.1. The standard InChI is InChI=1S/C21H33N3O4S/c1-28-20-10-9-18(29(26,27)24-14-7-2-3-8-15-24)17-19(20)21(25)22-11-16-23-12-5-4-6-13-23/h9-10,17H,2-8,11-16H2,1H3,(H,22,25). The summed E-state index contributed by atoms with van der Waals surface area (Å²) in [5, 5.41) is 2.92. The normalized spacial score (nSPS) is 19.5. The van der Waals surface area contributed by atoms with Crippen LogP contribution < -0.4 is 10.1 Å². The first-order chi connectivity index (χ1) is 14.0. The zero-order chi connectivity index (χ0) is 20.7. The molecule has 0 unspecified atom stereocenters. The summed E-state index contributed by atoms with van der Waals surface area (Å²) in [5.74, 6) is 0.0852. The minimum absolute atomic E-state index is 0.154. The number of sulfonamides is 1. The Balaban J connectivity index is 1.71. The maximum atomic E-state index is 13.1. The second-order valence-electron chi connectivity index (χ2n) is 7.84. The molecule has 1 amide bonds. The highest BCUT2D eigenvalue weighted by Gasteiger charge is 2.27. The summed E-state index contributed by atoms with van der Waals surface area (Å²) in [4.78, 5) is 15.3. The number of likely N-dealkylation sites (tertiary alicyclic amines) is 1. The van der Waals surface area contributed by atoms with Gasteiger partial charge in [-0.2, -0.15) is 4.31 Å². The van der Waals surface area contributed by atoms with E-state index in [4.69, 9.17) is 4.74 Å². The fraction of sp³-hybridized carbons (Fsp3) is 0.667. The summed E-state index contributed by atoms with van der Waals surface area (Å²) >= 11 is 0. The number of nitrogens with zero attached hydrogens (tertiary/aromatic N) is 2. The van der Waals surface area contributed by atoms with Crippen molar-refractivity contribution in [2.24, 2.45) is 0 Å². The number of carbonyl (C=O) groups is 1. The van der Waals surface area contributed by atoms with E-state index in [-0.39, 0.29) is 16.4 Å². The molecule has 0 aromatic heterocycles. The van der Waals surface area contributed by atoms with Gasteiger partial charge in [-0.25, -0.2) is 8.42 Å². The molecule has 0 atom stereocenters. The van der Waals surface area contributed by atoms with Crippen LogP contribution >= 0.6 is 0 Å². The minimum atomic E-state index is -3.61. The van der Waals surface area contributed by atoms with Crippen LogP contribution in [0.5, 0.6) is 5.75 Å². The van der Waals surface area contributed by atoms with E-state index in [0.29, 0.717) is 25.4 Å². The smallest absolute Gasteiger partial charge is 0.255 e. The van der Waals surface area contributed by atoms with E-state index in [9.17, 15) is 13.2 Å². The Morgan fingerprint density at radius 3 is 2.28 bits per heavy atom. The van der Waals surface area contributed by atoms with Gasteiger partial charge in [0.2, 0.25) is 10.0 Å². The van der Waals surface area contributed by atoms with Crippen molar-refractivity contribution in [3.63, 3.8) is 0 Å². The van der Waals surface area contributed by atoms with Gasteiger partial charge in [0.05, 0.1) is 17.6 Å². The van der Waals surface area contributed by atoms with E-state index in [0.717, 1.165) is 45.3 Å². The van der Waals surface area contributed by atoms with Gasteiger partial charge in [0, 0.05) is 26.2 Å². The third-order valence-electron chi connectivity index (χ3n) is 5.78. The molecule has 8 heteroatoms. The number of rotatable bonds is 7. The molecule has 2 aliphatic rings. The summed E-state index contributed by atoms with van der Waals surface area (Å²) in [5.41, 5.74) is 0.266. The van der Waals surface area contributed by atoms with Crippen LogP contribution in [0.2, 0.25) is 0 Å². The van der Waals surface area contributed by atoms with Crippen molar-refractivity contribution >= 4 is 15.9 Å². The van der Waals surface area contributed by atoms with Crippen molar-refractivity contribution in [1.29, 1.82) is 0 Å². The van der Waals surface area contributed by atoms with Gasteiger partial charge in [0.1, 0.15) is 5.75 Å². The van der Waals surface area contributed by atoms with Gasteiger partial charge in [-0.05, 0) is 57.0 Å². The van der Waals surface area contributed by atoms with Gasteiger partial charge in [0.15, 0.2) is 0 Å². The Morgan fingerprint density at radius 1 is 1.00 bits per heavy atom. The molecule has 1 aromatic carbocycles. The van der Waals surface area contributed by atoms with Crippen LogP contribution in [0.3, 0.4) is 0 Å². The number of hydrogen-bond acceptors (Lipinski definition) is 5. The van der Waals surface area contributed by atoms with Crippen LogP contribution in [0.25, 0.3) is 0 Å². The second kappa shape index (κ2) is 10.4. The van der Waals surface area contributed by atoms with Gasteiger partial charge in [-0.3, -0.25) is 4.79 Å². The Labute approximate surface area is 174 Å². The van der Waals surface area contributed by atoms with Crippen molar-refractivity contribution in [3.05, 3.63) is 23.8 Å². The minimum Gasteiger partial charge on any atom is -0.496 e. The van der Waals surface area contributed by atoms with E-state index < -0.39 is 10.0 Å². The molecule has 3 rings (SSSR count). The lowest BCUT2D eigenvalue weighted by Gasteiger charge is -2.26. The average molecular weight is 424 g/mol. The van der Waals surface area contributed by atoms with Gasteiger partial charge >= 0.3 is 0 Å². The molecular formula is C21H33N3O4S. The molecule has 0 bridgehead atoms. The molecule has 1 aromatic rings. The lowest BCUT2D eigenvalue weighted by molar-refractivity contribution is 0.0943. The van der Waals surface area contributed by atoms with E-state index in [1.807, 2.05) is 0 Å². The Hall–Kier alpha value is -1.64. The number of methoxy groups -OCH3 is 1. The van der Waals surface area contributed by atoms with Crippen molar-refractivity contribution in [3.8, 4) is 5.75 Å². The third kappa shape index (κ3) is 5.71. The topological polar surface area (TPSA) is 79.0 Å². The van der Waals surface area contributed by atoms with Crippen molar-refractivity contribution in [2.45, 2.75) is 49.8 Å². The Kier molecular flexibility index (Phi) is 7.91. The first kappa shape index (κ1) is 22.1. The van der Waals surface area contributed by atoms with Crippen LogP contribution in [-0.4, -0.2) is 69.9 Å². The quantitative estimate of drug-likeness (QED) is 0.729. The summed E-state index contributed by atoms with van der Waals surface area (Å²) in [6.07, 6.45) is 7.55. The molecule has 0 radical (unpaired) electrons. The zero-order valence-corrected chi connectivity index (χ0v) is 18.2. The maximum absolute atomic E-state index is 13.1. The molecule has 7 nitrogen and oxygen atoms in total. The summed E-state index contributed by atoms with van der Waals surface area (Å²) < 4.78 is 33.0. The average Bonchev–Trinajstić information content (AvgIpc) is 3.04. The molecule has 0 spiro atoms. The Bertz CT molecular complexity index is 783. The largest absolute Gasteiger partial charge is 0.496 e.